The number of carbonyl (C=O) groups is 1. The van der Waals surface area contributed by atoms with Crippen LogP contribution in [0.3, 0.4) is 0 Å². The lowest BCUT2D eigenvalue weighted by Gasteiger charge is -2.07. The molecule has 86 valence electrons. The fourth-order valence-electron chi connectivity index (χ4n) is 1.20. The largest absolute Gasteiger partial charge is 0.454 e. The summed E-state index contributed by atoms with van der Waals surface area (Å²) in [6.07, 6.45) is -3.04. The van der Waals surface area contributed by atoms with Crippen LogP contribution in [0.2, 0.25) is 0 Å². The Balaban J connectivity index is 2.25. The van der Waals surface area contributed by atoms with Crippen LogP contribution in [-0.4, -0.2) is 19.1 Å². The van der Waals surface area contributed by atoms with Gasteiger partial charge in [0.1, 0.15) is 0 Å². The normalized spacial score (nSPS) is 13.0. The van der Waals surface area contributed by atoms with Crippen molar-refractivity contribution in [1.29, 1.82) is 0 Å². The predicted octanol–water partition coefficient (Wildman–Crippen LogP) is 2.22. The summed E-state index contributed by atoms with van der Waals surface area (Å²) in [4.78, 5) is 10.8. The molecule has 1 aromatic carbocycles. The number of carbonyl (C=O) groups excluding carboxylic acids is 1. The van der Waals surface area contributed by atoms with Crippen LogP contribution in [0.4, 0.5) is 14.5 Å². The van der Waals surface area contributed by atoms with Gasteiger partial charge in [-0.1, -0.05) is 0 Å². The van der Waals surface area contributed by atoms with Gasteiger partial charge in [-0.2, -0.15) is 8.78 Å². The molecule has 0 aliphatic carbocycles. The molecule has 16 heavy (non-hydrogen) atoms. The summed E-state index contributed by atoms with van der Waals surface area (Å²) < 4.78 is 34.9. The fourth-order valence-corrected chi connectivity index (χ4v) is 1.77. The van der Waals surface area contributed by atoms with Crippen LogP contribution >= 0.6 is 22.6 Å². The predicted molar refractivity (Wildman–Crippen MR) is 59.9 cm³/mol. The summed E-state index contributed by atoms with van der Waals surface area (Å²) >= 11 is 1.92. The highest BCUT2D eigenvalue weighted by Crippen LogP contribution is 2.37. The first-order chi connectivity index (χ1) is 7.58. The number of hydrogen-bond donors (Lipinski definition) is 1. The second-order valence-electron chi connectivity index (χ2n) is 2.98. The Morgan fingerprint density at radius 1 is 1.38 bits per heavy atom. The summed E-state index contributed by atoms with van der Waals surface area (Å²) in [5.74, 6) is -0.360. The number of rotatable bonds is 2. The number of benzene rings is 1. The van der Waals surface area contributed by atoms with Crippen molar-refractivity contribution in [3.63, 3.8) is 0 Å². The van der Waals surface area contributed by atoms with Crippen LogP contribution < -0.4 is 14.8 Å². The molecule has 0 aromatic heterocycles. The van der Waals surface area contributed by atoms with E-state index >= 15 is 0 Å². The van der Waals surface area contributed by atoms with Gasteiger partial charge in [-0.25, -0.2) is 0 Å². The molecule has 0 unspecified atom stereocenters. The number of anilines is 1. The summed E-state index contributed by atoms with van der Waals surface area (Å²) in [6.45, 7) is 0.0949. The SMILES string of the molecule is O=C(Nc1cc2c(cc1I)OCO2)C(F)F. The van der Waals surface area contributed by atoms with Crippen LogP contribution in [0, 0.1) is 3.57 Å². The lowest BCUT2D eigenvalue weighted by Crippen LogP contribution is -2.20. The van der Waals surface area contributed by atoms with Gasteiger partial charge >= 0.3 is 6.43 Å². The molecule has 1 aliphatic heterocycles. The van der Waals surface area contributed by atoms with Crippen molar-refractivity contribution in [2.45, 2.75) is 6.43 Å². The maximum Gasteiger partial charge on any atom is 0.315 e. The number of hydrogen-bond acceptors (Lipinski definition) is 3. The molecular formula is C9H6F2INO3. The molecule has 2 rings (SSSR count). The maximum absolute atomic E-state index is 12.0. The van der Waals surface area contributed by atoms with Gasteiger partial charge in [0, 0.05) is 9.64 Å². The van der Waals surface area contributed by atoms with E-state index in [1.54, 1.807) is 6.07 Å². The number of nitrogens with one attached hydrogen (secondary N) is 1. The first-order valence-corrected chi connectivity index (χ1v) is 5.34. The summed E-state index contributed by atoms with van der Waals surface area (Å²) in [5.41, 5.74) is 0.287. The van der Waals surface area contributed by atoms with E-state index in [2.05, 4.69) is 5.32 Å². The molecule has 0 saturated carbocycles. The van der Waals surface area contributed by atoms with Gasteiger partial charge in [-0.3, -0.25) is 4.79 Å². The molecule has 1 heterocycles. The van der Waals surface area contributed by atoms with Gasteiger partial charge in [0.25, 0.3) is 5.91 Å². The van der Waals surface area contributed by atoms with Crippen LogP contribution in [0.5, 0.6) is 11.5 Å². The quantitative estimate of drug-likeness (QED) is 0.840. The van der Waals surface area contributed by atoms with Crippen molar-refractivity contribution in [2.75, 3.05) is 12.1 Å². The van der Waals surface area contributed by atoms with Gasteiger partial charge in [0.05, 0.1) is 5.69 Å². The van der Waals surface area contributed by atoms with Crippen molar-refractivity contribution < 1.29 is 23.0 Å². The zero-order valence-corrected chi connectivity index (χ0v) is 9.96. The van der Waals surface area contributed by atoms with E-state index in [-0.39, 0.29) is 12.5 Å². The third-order valence-corrected chi connectivity index (χ3v) is 2.81. The molecule has 0 spiro atoms. The Morgan fingerprint density at radius 3 is 2.62 bits per heavy atom. The fraction of sp³-hybridized carbons (Fsp3) is 0.222. The van der Waals surface area contributed by atoms with Crippen molar-refractivity contribution in [2.24, 2.45) is 0 Å². The van der Waals surface area contributed by atoms with Gasteiger partial charge in [0.2, 0.25) is 6.79 Å². The molecular weight excluding hydrogens is 335 g/mol. The highest BCUT2D eigenvalue weighted by molar-refractivity contribution is 14.1. The second kappa shape index (κ2) is 4.40. The summed E-state index contributed by atoms with van der Waals surface area (Å²) in [5, 5.41) is 2.11. The number of fused-ring (bicyclic) bond motifs is 1. The minimum Gasteiger partial charge on any atom is -0.454 e. The highest BCUT2D eigenvalue weighted by atomic mass is 127. The molecule has 4 nitrogen and oxygen atoms in total. The van der Waals surface area contributed by atoms with E-state index in [9.17, 15) is 13.6 Å². The van der Waals surface area contributed by atoms with E-state index in [0.717, 1.165) is 0 Å². The average molecular weight is 341 g/mol. The minimum absolute atomic E-state index is 0.0949. The van der Waals surface area contributed by atoms with E-state index in [1.807, 2.05) is 22.6 Å². The van der Waals surface area contributed by atoms with Gasteiger partial charge < -0.3 is 14.8 Å². The van der Waals surface area contributed by atoms with Crippen molar-refractivity contribution in [1.82, 2.24) is 0 Å². The van der Waals surface area contributed by atoms with Crippen molar-refractivity contribution in [3.8, 4) is 11.5 Å². The first kappa shape index (κ1) is 11.4. The number of alkyl halides is 2. The van der Waals surface area contributed by atoms with E-state index in [4.69, 9.17) is 9.47 Å². The zero-order chi connectivity index (χ0) is 11.7. The molecule has 0 fully saturated rings. The van der Waals surface area contributed by atoms with E-state index < -0.39 is 12.3 Å². The van der Waals surface area contributed by atoms with Crippen LogP contribution in [0.25, 0.3) is 0 Å². The maximum atomic E-state index is 12.0. The Morgan fingerprint density at radius 2 is 2.00 bits per heavy atom. The number of ether oxygens (including phenoxy) is 2. The number of amides is 1. The molecule has 0 bridgehead atoms. The topological polar surface area (TPSA) is 47.6 Å². The molecule has 1 aromatic rings. The first-order valence-electron chi connectivity index (χ1n) is 4.26. The second-order valence-corrected chi connectivity index (χ2v) is 4.14. The Kier molecular flexibility index (Phi) is 3.13. The Hall–Kier alpha value is -1.12. The van der Waals surface area contributed by atoms with E-state index in [1.165, 1.54) is 6.07 Å². The Labute approximate surface area is 103 Å². The van der Waals surface area contributed by atoms with E-state index in [0.29, 0.717) is 15.1 Å². The van der Waals surface area contributed by atoms with Gasteiger partial charge in [-0.15, -0.1) is 0 Å². The van der Waals surface area contributed by atoms with Gasteiger partial charge in [-0.05, 0) is 28.7 Å². The lowest BCUT2D eigenvalue weighted by atomic mass is 10.3. The van der Waals surface area contributed by atoms with Crippen molar-refractivity contribution >= 4 is 34.2 Å². The number of halogens is 3. The average Bonchev–Trinajstić information content (AvgIpc) is 2.65. The Bertz CT molecular complexity index is 439. The van der Waals surface area contributed by atoms with Gasteiger partial charge in [0.15, 0.2) is 11.5 Å². The monoisotopic (exact) mass is 341 g/mol. The van der Waals surface area contributed by atoms with Crippen LogP contribution in [-0.2, 0) is 4.79 Å². The summed E-state index contributed by atoms with van der Waals surface area (Å²) in [6, 6.07) is 3.08. The molecule has 1 N–H and O–H groups in total. The smallest absolute Gasteiger partial charge is 0.315 e. The zero-order valence-electron chi connectivity index (χ0n) is 7.80. The summed E-state index contributed by atoms with van der Waals surface area (Å²) in [7, 11) is 0. The lowest BCUT2D eigenvalue weighted by molar-refractivity contribution is -0.126. The molecule has 1 amide bonds. The molecule has 7 heteroatoms. The molecule has 0 atom stereocenters. The standard InChI is InChI=1S/C9H6F2INO3/c10-8(11)9(14)13-5-2-7-6(1-4(5)12)15-3-16-7/h1-2,8H,3H2,(H,13,14). The molecule has 0 saturated heterocycles. The third kappa shape index (κ3) is 2.18. The minimum atomic E-state index is -3.04. The van der Waals surface area contributed by atoms with Crippen LogP contribution in [0.1, 0.15) is 0 Å². The highest BCUT2D eigenvalue weighted by Gasteiger charge is 2.20. The van der Waals surface area contributed by atoms with Crippen LogP contribution in [0.15, 0.2) is 12.1 Å². The van der Waals surface area contributed by atoms with Crippen molar-refractivity contribution in [3.05, 3.63) is 15.7 Å². The third-order valence-electron chi connectivity index (χ3n) is 1.92. The molecule has 0 radical (unpaired) electrons. The molecule has 1 aliphatic rings.